The molecule has 2 nitrogen and oxygen atoms in total. The maximum Gasteiger partial charge on any atom is 0.0331 e. The van der Waals surface area contributed by atoms with E-state index in [4.69, 9.17) is 5.73 Å². The Hall–Kier alpha value is -0.0800. The summed E-state index contributed by atoms with van der Waals surface area (Å²) < 4.78 is 0. The summed E-state index contributed by atoms with van der Waals surface area (Å²) in [5.41, 5.74) is 6.56. The summed E-state index contributed by atoms with van der Waals surface area (Å²) in [6, 6.07) is 0.767. The van der Waals surface area contributed by atoms with Gasteiger partial charge >= 0.3 is 0 Å². The van der Waals surface area contributed by atoms with E-state index in [2.05, 4.69) is 32.7 Å². The molecular weight excluding hydrogens is 244 g/mol. The Bertz CT molecular complexity index is 292. The van der Waals surface area contributed by atoms with E-state index in [0.29, 0.717) is 5.54 Å². The summed E-state index contributed by atoms with van der Waals surface area (Å²) in [4.78, 5) is 2.72. The zero-order valence-corrected chi connectivity index (χ0v) is 14.2. The van der Waals surface area contributed by atoms with Crippen LogP contribution in [0.1, 0.15) is 72.1 Å². The topological polar surface area (TPSA) is 29.3 Å². The standard InChI is InChI=1S/C18H36N2/c1-14(2)16-9-11-18(13-19,12-10-16)20(4)17-8-6-5-7-15(17)3/h14-17H,5-13,19H2,1-4H3. The van der Waals surface area contributed by atoms with Crippen LogP contribution in [0.2, 0.25) is 0 Å². The van der Waals surface area contributed by atoms with Crippen molar-refractivity contribution in [2.75, 3.05) is 13.6 Å². The van der Waals surface area contributed by atoms with Gasteiger partial charge < -0.3 is 5.73 Å². The molecule has 2 unspecified atom stereocenters. The highest BCUT2D eigenvalue weighted by atomic mass is 15.2. The van der Waals surface area contributed by atoms with Crippen LogP contribution in [0.5, 0.6) is 0 Å². The molecule has 0 aliphatic heterocycles. The Balaban J connectivity index is 2.03. The molecule has 0 heterocycles. The molecule has 0 aromatic heterocycles. The number of likely N-dealkylation sites (N-methyl/N-ethyl adjacent to an activating group) is 1. The molecule has 0 aromatic carbocycles. The van der Waals surface area contributed by atoms with Crippen LogP contribution >= 0.6 is 0 Å². The minimum absolute atomic E-state index is 0.293. The highest BCUT2D eigenvalue weighted by molar-refractivity contribution is 4.98. The van der Waals surface area contributed by atoms with Gasteiger partial charge in [0.25, 0.3) is 0 Å². The summed E-state index contributed by atoms with van der Waals surface area (Å²) in [7, 11) is 2.37. The fourth-order valence-electron chi connectivity index (χ4n) is 4.77. The first-order valence-electron chi connectivity index (χ1n) is 8.93. The smallest absolute Gasteiger partial charge is 0.0331 e. The summed E-state index contributed by atoms with van der Waals surface area (Å²) in [5.74, 6) is 2.61. The monoisotopic (exact) mass is 280 g/mol. The highest BCUT2D eigenvalue weighted by Gasteiger charge is 2.42. The molecule has 0 bridgehead atoms. The van der Waals surface area contributed by atoms with Crippen molar-refractivity contribution in [2.24, 2.45) is 23.5 Å². The van der Waals surface area contributed by atoms with Gasteiger partial charge in [0.05, 0.1) is 0 Å². The van der Waals surface area contributed by atoms with Crippen molar-refractivity contribution in [1.29, 1.82) is 0 Å². The van der Waals surface area contributed by atoms with Crippen LogP contribution in [0.4, 0.5) is 0 Å². The summed E-state index contributed by atoms with van der Waals surface area (Å²) >= 11 is 0. The van der Waals surface area contributed by atoms with Crippen LogP contribution in [0.15, 0.2) is 0 Å². The predicted molar refractivity (Wildman–Crippen MR) is 87.8 cm³/mol. The Kier molecular flexibility index (Phi) is 5.53. The van der Waals surface area contributed by atoms with Crippen LogP contribution in [-0.2, 0) is 0 Å². The van der Waals surface area contributed by atoms with Gasteiger partial charge in [-0.15, -0.1) is 0 Å². The van der Waals surface area contributed by atoms with E-state index in [1.54, 1.807) is 0 Å². The molecule has 0 amide bonds. The van der Waals surface area contributed by atoms with Crippen LogP contribution in [0, 0.1) is 17.8 Å². The number of nitrogens with zero attached hydrogens (tertiary/aromatic N) is 1. The van der Waals surface area contributed by atoms with Crippen LogP contribution < -0.4 is 5.73 Å². The first-order valence-corrected chi connectivity index (χ1v) is 8.93. The van der Waals surface area contributed by atoms with Crippen LogP contribution in [0.25, 0.3) is 0 Å². The van der Waals surface area contributed by atoms with Gasteiger partial charge in [0.15, 0.2) is 0 Å². The third kappa shape index (κ3) is 3.22. The normalized spacial score (nSPS) is 39.5. The first kappa shape index (κ1) is 16.3. The van der Waals surface area contributed by atoms with Gasteiger partial charge in [-0.2, -0.15) is 0 Å². The van der Waals surface area contributed by atoms with E-state index in [1.807, 2.05) is 0 Å². The van der Waals surface area contributed by atoms with E-state index in [-0.39, 0.29) is 0 Å². The molecule has 0 saturated heterocycles. The van der Waals surface area contributed by atoms with Gasteiger partial charge in [0.1, 0.15) is 0 Å². The molecule has 118 valence electrons. The second-order valence-electron chi connectivity index (χ2n) is 7.95. The Morgan fingerprint density at radius 3 is 2.20 bits per heavy atom. The lowest BCUT2D eigenvalue weighted by Crippen LogP contribution is -2.59. The lowest BCUT2D eigenvalue weighted by atomic mass is 9.70. The minimum Gasteiger partial charge on any atom is -0.329 e. The van der Waals surface area contributed by atoms with Crippen molar-refractivity contribution in [3.63, 3.8) is 0 Å². The van der Waals surface area contributed by atoms with Gasteiger partial charge in [-0.1, -0.05) is 33.6 Å². The summed E-state index contributed by atoms with van der Waals surface area (Å²) in [6.07, 6.45) is 11.0. The van der Waals surface area contributed by atoms with E-state index in [0.717, 1.165) is 30.3 Å². The number of nitrogens with two attached hydrogens (primary N) is 1. The van der Waals surface area contributed by atoms with E-state index in [9.17, 15) is 0 Å². The van der Waals surface area contributed by atoms with E-state index in [1.165, 1.54) is 51.4 Å². The Morgan fingerprint density at radius 2 is 1.70 bits per heavy atom. The first-order chi connectivity index (χ1) is 9.50. The maximum absolute atomic E-state index is 6.27. The third-order valence-corrected chi connectivity index (χ3v) is 6.60. The Labute approximate surface area is 126 Å². The predicted octanol–water partition coefficient (Wildman–Crippen LogP) is 4.04. The lowest BCUT2D eigenvalue weighted by molar-refractivity contribution is -0.00610. The molecule has 20 heavy (non-hydrogen) atoms. The molecule has 2 heteroatoms. The Morgan fingerprint density at radius 1 is 1.10 bits per heavy atom. The molecule has 2 atom stereocenters. The molecule has 0 aromatic rings. The molecule has 0 spiro atoms. The van der Waals surface area contributed by atoms with Crippen LogP contribution in [-0.4, -0.2) is 30.1 Å². The second-order valence-corrected chi connectivity index (χ2v) is 7.95. The zero-order chi connectivity index (χ0) is 14.8. The van der Waals surface area contributed by atoms with Gasteiger partial charge in [-0.3, -0.25) is 4.90 Å². The summed E-state index contributed by atoms with van der Waals surface area (Å²) in [5, 5.41) is 0. The largest absolute Gasteiger partial charge is 0.329 e. The lowest BCUT2D eigenvalue weighted by Gasteiger charge is -2.52. The van der Waals surface area contributed by atoms with Gasteiger partial charge in [-0.25, -0.2) is 0 Å². The zero-order valence-electron chi connectivity index (χ0n) is 14.2. The maximum atomic E-state index is 6.27. The van der Waals surface area contributed by atoms with Gasteiger partial charge in [0.2, 0.25) is 0 Å². The quantitative estimate of drug-likeness (QED) is 0.842. The molecule has 2 fully saturated rings. The number of hydrogen-bond acceptors (Lipinski definition) is 2. The molecule has 2 rings (SSSR count). The van der Waals surface area contributed by atoms with Crippen molar-refractivity contribution in [3.05, 3.63) is 0 Å². The number of hydrogen-bond donors (Lipinski definition) is 1. The van der Waals surface area contributed by atoms with Crippen molar-refractivity contribution in [3.8, 4) is 0 Å². The average molecular weight is 281 g/mol. The molecule has 2 aliphatic rings. The van der Waals surface area contributed by atoms with Crippen molar-refractivity contribution >= 4 is 0 Å². The molecule has 2 saturated carbocycles. The second kappa shape index (κ2) is 6.79. The fourth-order valence-corrected chi connectivity index (χ4v) is 4.77. The third-order valence-electron chi connectivity index (χ3n) is 6.60. The van der Waals surface area contributed by atoms with E-state index < -0.39 is 0 Å². The van der Waals surface area contributed by atoms with Gasteiger partial charge in [0, 0.05) is 18.1 Å². The fraction of sp³-hybridized carbons (Fsp3) is 1.00. The average Bonchev–Trinajstić information content (AvgIpc) is 2.47. The number of rotatable bonds is 4. The van der Waals surface area contributed by atoms with Crippen molar-refractivity contribution < 1.29 is 0 Å². The SMILES string of the molecule is CC(C)C1CCC(CN)(N(C)C2CCCCC2C)CC1. The van der Waals surface area contributed by atoms with E-state index >= 15 is 0 Å². The van der Waals surface area contributed by atoms with Crippen molar-refractivity contribution in [1.82, 2.24) is 4.90 Å². The highest BCUT2D eigenvalue weighted by Crippen LogP contribution is 2.41. The van der Waals surface area contributed by atoms with Crippen LogP contribution in [0.3, 0.4) is 0 Å². The molecule has 2 N–H and O–H groups in total. The minimum atomic E-state index is 0.293. The van der Waals surface area contributed by atoms with Gasteiger partial charge in [-0.05, 0) is 63.3 Å². The molecule has 2 aliphatic carbocycles. The molecular formula is C18H36N2. The van der Waals surface area contributed by atoms with Crippen molar-refractivity contribution in [2.45, 2.75) is 83.7 Å². The summed E-state index contributed by atoms with van der Waals surface area (Å²) in [6.45, 7) is 8.06. The molecule has 0 radical (unpaired) electrons.